The molecule has 96 valence electrons. The van der Waals surface area contributed by atoms with Gasteiger partial charge < -0.3 is 4.74 Å². The maximum Gasteiger partial charge on any atom is 0.123 e. The molecule has 0 spiro atoms. The highest BCUT2D eigenvalue weighted by atomic mass is 32.1. The summed E-state index contributed by atoms with van der Waals surface area (Å²) in [5, 5.41) is 3.24. The second-order valence-corrected chi connectivity index (χ2v) is 5.21. The minimum Gasteiger partial charge on any atom is -0.494 e. The van der Waals surface area contributed by atoms with Gasteiger partial charge in [-0.2, -0.15) is 0 Å². The third kappa shape index (κ3) is 2.91. The first-order chi connectivity index (χ1) is 8.74. The molecule has 3 heteroatoms. The van der Waals surface area contributed by atoms with Crippen molar-refractivity contribution in [3.63, 3.8) is 0 Å². The third-order valence-corrected chi connectivity index (χ3v) is 3.94. The fraction of sp³-hybridized carbons (Fsp3) is 0.400. The van der Waals surface area contributed by atoms with Crippen molar-refractivity contribution in [2.24, 2.45) is 0 Å². The lowest BCUT2D eigenvalue weighted by atomic mass is 10.1. The van der Waals surface area contributed by atoms with Crippen molar-refractivity contribution in [2.75, 3.05) is 6.61 Å². The van der Waals surface area contributed by atoms with E-state index < -0.39 is 0 Å². The van der Waals surface area contributed by atoms with Crippen molar-refractivity contribution in [2.45, 2.75) is 33.1 Å². The molecule has 0 amide bonds. The van der Waals surface area contributed by atoms with Crippen LogP contribution < -0.4 is 4.74 Å². The lowest BCUT2D eigenvalue weighted by molar-refractivity contribution is 0.340. The molecule has 2 nitrogen and oxygen atoms in total. The van der Waals surface area contributed by atoms with Gasteiger partial charge in [0.25, 0.3) is 0 Å². The minimum absolute atomic E-state index is 0.532. The monoisotopic (exact) mass is 261 g/mol. The van der Waals surface area contributed by atoms with Crippen LogP contribution in [0, 0.1) is 0 Å². The molecular weight excluding hydrogens is 242 g/mol. The summed E-state index contributed by atoms with van der Waals surface area (Å²) in [6.07, 6.45) is 1.13. The lowest BCUT2D eigenvalue weighted by Gasteiger charge is -2.05. The molecule has 0 saturated heterocycles. The molecule has 1 unspecified atom stereocenters. The summed E-state index contributed by atoms with van der Waals surface area (Å²) in [6.45, 7) is 7.10. The van der Waals surface area contributed by atoms with Crippen LogP contribution in [0.2, 0.25) is 0 Å². The maximum atomic E-state index is 5.52. The summed E-state index contributed by atoms with van der Waals surface area (Å²) in [5.74, 6) is 1.44. The molecule has 0 saturated carbocycles. The average molecular weight is 261 g/mol. The molecule has 0 N–H and O–H groups in total. The van der Waals surface area contributed by atoms with Gasteiger partial charge in [-0.25, -0.2) is 4.98 Å². The van der Waals surface area contributed by atoms with E-state index in [4.69, 9.17) is 9.72 Å². The van der Waals surface area contributed by atoms with Crippen molar-refractivity contribution in [1.29, 1.82) is 0 Å². The molecule has 1 heterocycles. The number of ether oxygens (including phenoxy) is 1. The number of hydrogen-bond acceptors (Lipinski definition) is 3. The van der Waals surface area contributed by atoms with E-state index in [1.54, 1.807) is 11.3 Å². The van der Waals surface area contributed by atoms with E-state index in [1.807, 2.05) is 19.1 Å². The molecule has 0 aliphatic heterocycles. The highest BCUT2D eigenvalue weighted by molar-refractivity contribution is 7.13. The number of hydrogen-bond donors (Lipinski definition) is 0. The Morgan fingerprint density at radius 3 is 2.89 bits per heavy atom. The lowest BCUT2D eigenvalue weighted by Crippen LogP contribution is -1.92. The smallest absolute Gasteiger partial charge is 0.123 e. The fourth-order valence-electron chi connectivity index (χ4n) is 1.74. The van der Waals surface area contributed by atoms with Crippen LogP contribution in [0.1, 0.15) is 38.8 Å². The Labute approximate surface area is 113 Å². The Kier molecular flexibility index (Phi) is 4.37. The van der Waals surface area contributed by atoms with E-state index in [-0.39, 0.29) is 0 Å². The Bertz CT molecular complexity index is 507. The molecule has 0 fully saturated rings. The van der Waals surface area contributed by atoms with Gasteiger partial charge in [0.2, 0.25) is 0 Å². The van der Waals surface area contributed by atoms with E-state index >= 15 is 0 Å². The SMILES string of the molecule is CCOc1cccc(-c2nc(C(C)CC)cs2)c1. The molecule has 0 aliphatic carbocycles. The van der Waals surface area contributed by atoms with E-state index in [1.165, 1.54) is 5.69 Å². The summed E-state index contributed by atoms with van der Waals surface area (Å²) in [6, 6.07) is 8.14. The van der Waals surface area contributed by atoms with Crippen LogP contribution in [-0.2, 0) is 0 Å². The van der Waals surface area contributed by atoms with E-state index in [0.717, 1.165) is 22.7 Å². The number of aromatic nitrogens is 1. The van der Waals surface area contributed by atoms with E-state index in [2.05, 4.69) is 31.4 Å². The van der Waals surface area contributed by atoms with Crippen molar-refractivity contribution >= 4 is 11.3 Å². The normalized spacial score (nSPS) is 12.4. The highest BCUT2D eigenvalue weighted by Gasteiger charge is 2.10. The van der Waals surface area contributed by atoms with Crippen LogP contribution in [0.5, 0.6) is 5.75 Å². The van der Waals surface area contributed by atoms with Crippen molar-refractivity contribution in [1.82, 2.24) is 4.98 Å². The highest BCUT2D eigenvalue weighted by Crippen LogP contribution is 2.29. The zero-order chi connectivity index (χ0) is 13.0. The second-order valence-electron chi connectivity index (χ2n) is 4.35. The van der Waals surface area contributed by atoms with Crippen LogP contribution in [0.15, 0.2) is 29.6 Å². The van der Waals surface area contributed by atoms with Crippen LogP contribution in [0.4, 0.5) is 0 Å². The zero-order valence-electron chi connectivity index (χ0n) is 11.1. The van der Waals surface area contributed by atoms with Gasteiger partial charge in [-0.3, -0.25) is 0 Å². The second kappa shape index (κ2) is 6.01. The first-order valence-corrected chi connectivity index (χ1v) is 7.31. The molecule has 0 bridgehead atoms. The molecular formula is C15H19NOS. The van der Waals surface area contributed by atoms with Crippen molar-refractivity contribution < 1.29 is 4.74 Å². The first kappa shape index (κ1) is 13.1. The van der Waals surface area contributed by atoms with Crippen molar-refractivity contribution in [3.8, 4) is 16.3 Å². The quantitative estimate of drug-likeness (QED) is 0.776. The number of benzene rings is 1. The van der Waals surface area contributed by atoms with E-state index in [0.29, 0.717) is 12.5 Å². The van der Waals surface area contributed by atoms with E-state index in [9.17, 15) is 0 Å². The molecule has 0 aliphatic rings. The summed E-state index contributed by atoms with van der Waals surface area (Å²) >= 11 is 1.71. The summed E-state index contributed by atoms with van der Waals surface area (Å²) in [4.78, 5) is 4.72. The molecule has 1 aromatic heterocycles. The predicted octanol–water partition coefficient (Wildman–Crippen LogP) is 4.72. The standard InChI is InChI=1S/C15H19NOS/c1-4-11(3)14-10-18-15(16-14)12-7-6-8-13(9-12)17-5-2/h6-11H,4-5H2,1-3H3. The Morgan fingerprint density at radius 2 is 2.17 bits per heavy atom. The van der Waals surface area contributed by atoms with Gasteiger partial charge in [0.1, 0.15) is 10.8 Å². The zero-order valence-corrected chi connectivity index (χ0v) is 12.0. The topological polar surface area (TPSA) is 22.1 Å². The number of rotatable bonds is 5. The van der Waals surface area contributed by atoms with Crippen LogP contribution >= 0.6 is 11.3 Å². The molecule has 1 aromatic carbocycles. The van der Waals surface area contributed by atoms with Gasteiger partial charge in [0.15, 0.2) is 0 Å². The van der Waals surface area contributed by atoms with Gasteiger partial charge in [-0.05, 0) is 31.4 Å². The molecule has 2 aromatic rings. The Morgan fingerprint density at radius 1 is 1.33 bits per heavy atom. The molecule has 1 atom stereocenters. The van der Waals surface area contributed by atoms with Crippen molar-refractivity contribution in [3.05, 3.63) is 35.3 Å². The molecule has 18 heavy (non-hydrogen) atoms. The molecule has 0 radical (unpaired) electrons. The third-order valence-electron chi connectivity index (χ3n) is 3.03. The Hall–Kier alpha value is -1.35. The predicted molar refractivity (Wildman–Crippen MR) is 77.4 cm³/mol. The first-order valence-electron chi connectivity index (χ1n) is 6.43. The molecule has 2 rings (SSSR count). The average Bonchev–Trinajstić information content (AvgIpc) is 2.88. The Balaban J connectivity index is 2.25. The number of nitrogens with zero attached hydrogens (tertiary/aromatic N) is 1. The van der Waals surface area contributed by atoms with Gasteiger partial charge in [0.05, 0.1) is 12.3 Å². The van der Waals surface area contributed by atoms with Crippen LogP contribution in [0.25, 0.3) is 10.6 Å². The largest absolute Gasteiger partial charge is 0.494 e. The van der Waals surface area contributed by atoms with Gasteiger partial charge in [-0.15, -0.1) is 11.3 Å². The summed E-state index contributed by atoms with van der Waals surface area (Å²) in [7, 11) is 0. The van der Waals surface area contributed by atoms with Crippen LogP contribution in [-0.4, -0.2) is 11.6 Å². The van der Waals surface area contributed by atoms with Gasteiger partial charge in [0, 0.05) is 10.9 Å². The van der Waals surface area contributed by atoms with Crippen LogP contribution in [0.3, 0.4) is 0 Å². The minimum atomic E-state index is 0.532. The number of thiazole rings is 1. The fourth-order valence-corrected chi connectivity index (χ4v) is 2.68. The summed E-state index contributed by atoms with van der Waals surface area (Å²) in [5.41, 5.74) is 2.33. The van der Waals surface area contributed by atoms with Gasteiger partial charge >= 0.3 is 0 Å². The maximum absolute atomic E-state index is 5.52. The van der Waals surface area contributed by atoms with Gasteiger partial charge in [-0.1, -0.05) is 26.0 Å². The summed E-state index contributed by atoms with van der Waals surface area (Å²) < 4.78 is 5.52.